The number of rotatable bonds is 5. The molecule has 2 aliphatic rings. The molecule has 1 N–H and O–H groups in total. The summed E-state index contributed by atoms with van der Waals surface area (Å²) < 4.78 is 25.1. The van der Waals surface area contributed by atoms with Crippen molar-refractivity contribution in [3.63, 3.8) is 0 Å². The molecule has 6 nitrogen and oxygen atoms in total. The number of carbonyl (C=O) groups excluding carboxylic acids is 1. The highest BCUT2D eigenvalue weighted by Crippen LogP contribution is 2.45. The molecule has 26 heavy (non-hydrogen) atoms. The average molecular weight is 365 g/mol. The zero-order valence-corrected chi connectivity index (χ0v) is 15.3. The van der Waals surface area contributed by atoms with E-state index in [0.29, 0.717) is 25.4 Å². The van der Waals surface area contributed by atoms with Crippen LogP contribution in [-0.2, 0) is 4.74 Å². The summed E-state index contributed by atoms with van der Waals surface area (Å²) in [6.07, 6.45) is 1.57. The molecule has 1 amide bonds. The quantitative estimate of drug-likeness (QED) is 0.862. The maximum Gasteiger partial charge on any atom is 0.410 e. The fourth-order valence-electron chi connectivity index (χ4n) is 2.93. The van der Waals surface area contributed by atoms with Crippen molar-refractivity contribution in [3.8, 4) is 5.75 Å². The summed E-state index contributed by atoms with van der Waals surface area (Å²) in [5.74, 6) is -1.27. The molecule has 1 aromatic rings. The first-order valence-corrected chi connectivity index (χ1v) is 8.81. The van der Waals surface area contributed by atoms with E-state index in [0.717, 1.165) is 18.4 Å². The van der Waals surface area contributed by atoms with Crippen molar-refractivity contribution in [2.45, 2.75) is 45.1 Å². The number of aromatic carboxylic acids is 1. The predicted octanol–water partition coefficient (Wildman–Crippen LogP) is 3.65. The number of carboxylic acid groups (broad SMARTS) is 1. The zero-order valence-electron chi connectivity index (χ0n) is 15.3. The van der Waals surface area contributed by atoms with E-state index in [1.165, 1.54) is 12.1 Å². The van der Waals surface area contributed by atoms with E-state index < -0.39 is 17.4 Å². The molecular formula is C19H24FNO5. The van der Waals surface area contributed by atoms with Crippen LogP contribution in [0.15, 0.2) is 12.1 Å². The number of carboxylic acids is 1. The number of amides is 1. The number of likely N-dealkylation sites (tertiary alicyclic amines) is 1. The molecule has 2 fully saturated rings. The molecule has 1 aromatic carbocycles. The maximum absolute atomic E-state index is 14.0. The van der Waals surface area contributed by atoms with Gasteiger partial charge in [0.25, 0.3) is 0 Å². The Kier molecular flexibility index (Phi) is 4.82. The van der Waals surface area contributed by atoms with Crippen molar-refractivity contribution in [3.05, 3.63) is 29.1 Å². The molecule has 0 atom stereocenters. The van der Waals surface area contributed by atoms with Gasteiger partial charge in [0, 0.05) is 25.1 Å². The summed E-state index contributed by atoms with van der Waals surface area (Å²) in [6.45, 7) is 6.87. The molecule has 142 valence electrons. The van der Waals surface area contributed by atoms with Crippen LogP contribution < -0.4 is 4.74 Å². The molecule has 3 rings (SSSR count). The fraction of sp³-hybridized carbons (Fsp3) is 0.579. The third-order valence-electron chi connectivity index (χ3n) is 4.43. The van der Waals surface area contributed by atoms with Crippen molar-refractivity contribution < 1.29 is 28.6 Å². The Bertz CT molecular complexity index is 717. The molecule has 1 aliphatic heterocycles. The van der Waals surface area contributed by atoms with E-state index in [9.17, 15) is 14.0 Å². The van der Waals surface area contributed by atoms with E-state index in [4.69, 9.17) is 14.6 Å². The van der Waals surface area contributed by atoms with E-state index in [2.05, 4.69) is 0 Å². The Morgan fingerprint density at radius 2 is 1.92 bits per heavy atom. The number of benzene rings is 1. The maximum atomic E-state index is 14.0. The first-order valence-electron chi connectivity index (χ1n) is 8.81. The van der Waals surface area contributed by atoms with Crippen molar-refractivity contribution in [2.24, 2.45) is 5.92 Å². The molecule has 0 unspecified atom stereocenters. The van der Waals surface area contributed by atoms with Gasteiger partial charge in [-0.2, -0.15) is 0 Å². The Hall–Kier alpha value is -2.31. The molecule has 1 saturated carbocycles. The van der Waals surface area contributed by atoms with E-state index >= 15 is 0 Å². The SMILES string of the molecule is CC(C)(C)OC(=O)N1CC(COc2cc(F)c(C(=O)O)cc2C2CC2)C1. The summed E-state index contributed by atoms with van der Waals surface area (Å²) in [6, 6.07) is 2.56. The van der Waals surface area contributed by atoms with Gasteiger partial charge in [-0.05, 0) is 51.2 Å². The largest absolute Gasteiger partial charge is 0.493 e. The third-order valence-corrected chi connectivity index (χ3v) is 4.43. The lowest BCUT2D eigenvalue weighted by Gasteiger charge is -2.39. The number of nitrogens with zero attached hydrogens (tertiary/aromatic N) is 1. The number of hydrogen-bond donors (Lipinski definition) is 1. The summed E-state index contributed by atoms with van der Waals surface area (Å²) >= 11 is 0. The highest BCUT2D eigenvalue weighted by molar-refractivity contribution is 5.88. The average Bonchev–Trinajstić information content (AvgIpc) is 3.27. The molecule has 7 heteroatoms. The first kappa shape index (κ1) is 18.5. The van der Waals surface area contributed by atoms with Gasteiger partial charge in [0.1, 0.15) is 17.2 Å². The Morgan fingerprint density at radius 1 is 1.27 bits per heavy atom. The molecule has 0 radical (unpaired) electrons. The van der Waals surface area contributed by atoms with Crippen LogP contribution in [0.25, 0.3) is 0 Å². The number of halogens is 1. The fourth-order valence-corrected chi connectivity index (χ4v) is 2.93. The second kappa shape index (κ2) is 6.78. The summed E-state index contributed by atoms with van der Waals surface area (Å²) in [4.78, 5) is 24.6. The van der Waals surface area contributed by atoms with Crippen LogP contribution in [0.3, 0.4) is 0 Å². The lowest BCUT2D eigenvalue weighted by atomic mass is 10.0. The number of ether oxygens (including phenoxy) is 2. The van der Waals surface area contributed by atoms with E-state index in [1.807, 2.05) is 20.8 Å². The van der Waals surface area contributed by atoms with Gasteiger partial charge >= 0.3 is 12.1 Å². The number of carbonyl (C=O) groups is 2. The molecule has 1 saturated heterocycles. The third kappa shape index (κ3) is 4.26. The van der Waals surface area contributed by atoms with Crippen LogP contribution in [0, 0.1) is 11.7 Å². The Labute approximate surface area is 151 Å². The van der Waals surface area contributed by atoms with Gasteiger partial charge in [0.2, 0.25) is 0 Å². The van der Waals surface area contributed by atoms with Gasteiger partial charge in [-0.25, -0.2) is 14.0 Å². The van der Waals surface area contributed by atoms with Gasteiger partial charge in [-0.3, -0.25) is 0 Å². The normalized spacial score (nSPS) is 17.6. The van der Waals surface area contributed by atoms with Crippen LogP contribution in [0.4, 0.5) is 9.18 Å². The smallest absolute Gasteiger partial charge is 0.410 e. The molecule has 1 aliphatic carbocycles. The minimum atomic E-state index is -1.28. The summed E-state index contributed by atoms with van der Waals surface area (Å²) in [5, 5.41) is 9.08. The van der Waals surface area contributed by atoms with Gasteiger partial charge in [0.05, 0.1) is 12.2 Å². The van der Waals surface area contributed by atoms with Crippen LogP contribution in [0.2, 0.25) is 0 Å². The van der Waals surface area contributed by atoms with Crippen LogP contribution in [0.5, 0.6) is 5.75 Å². The van der Waals surface area contributed by atoms with Gasteiger partial charge < -0.3 is 19.5 Å². The van der Waals surface area contributed by atoms with Gasteiger partial charge in [0.15, 0.2) is 0 Å². The van der Waals surface area contributed by atoms with Gasteiger partial charge in [-0.1, -0.05) is 0 Å². The van der Waals surface area contributed by atoms with Crippen molar-refractivity contribution >= 4 is 12.1 Å². The highest BCUT2D eigenvalue weighted by atomic mass is 19.1. The second-order valence-electron chi connectivity index (χ2n) is 8.01. The molecular weight excluding hydrogens is 341 g/mol. The minimum Gasteiger partial charge on any atom is -0.493 e. The summed E-state index contributed by atoms with van der Waals surface area (Å²) in [7, 11) is 0. The number of hydrogen-bond acceptors (Lipinski definition) is 4. The lowest BCUT2D eigenvalue weighted by Crippen LogP contribution is -2.53. The monoisotopic (exact) mass is 365 g/mol. The molecule has 0 bridgehead atoms. The molecule has 0 aromatic heterocycles. The minimum absolute atomic E-state index is 0.150. The summed E-state index contributed by atoms with van der Waals surface area (Å²) in [5.41, 5.74) is -0.0903. The van der Waals surface area contributed by atoms with E-state index in [1.54, 1.807) is 4.90 Å². The topological polar surface area (TPSA) is 76.1 Å². The lowest BCUT2D eigenvalue weighted by molar-refractivity contribution is -0.00788. The van der Waals surface area contributed by atoms with Crippen LogP contribution in [0.1, 0.15) is 55.5 Å². The van der Waals surface area contributed by atoms with Crippen molar-refractivity contribution in [1.82, 2.24) is 4.90 Å². The van der Waals surface area contributed by atoms with Crippen LogP contribution in [-0.4, -0.2) is 47.4 Å². The Balaban J connectivity index is 1.57. The standard InChI is InChI=1S/C19H24FNO5/c1-19(2,3)26-18(24)21-8-11(9-21)10-25-16-7-15(20)14(17(22)23)6-13(16)12-4-5-12/h6-7,11-12H,4-5,8-10H2,1-3H3,(H,22,23). The van der Waals surface area contributed by atoms with Crippen molar-refractivity contribution in [1.29, 1.82) is 0 Å². The van der Waals surface area contributed by atoms with E-state index in [-0.39, 0.29) is 23.5 Å². The zero-order chi connectivity index (χ0) is 19.1. The molecule has 1 heterocycles. The van der Waals surface area contributed by atoms with Gasteiger partial charge in [-0.15, -0.1) is 0 Å². The van der Waals surface area contributed by atoms with Crippen molar-refractivity contribution in [2.75, 3.05) is 19.7 Å². The molecule has 0 spiro atoms. The second-order valence-corrected chi connectivity index (χ2v) is 8.01. The first-order chi connectivity index (χ1) is 12.1. The highest BCUT2D eigenvalue weighted by Gasteiger charge is 2.35. The Morgan fingerprint density at radius 3 is 2.46 bits per heavy atom. The van der Waals surface area contributed by atoms with Crippen LogP contribution >= 0.6 is 0 Å². The predicted molar refractivity (Wildman–Crippen MR) is 92.1 cm³/mol.